The first-order valence-corrected chi connectivity index (χ1v) is 13.4. The summed E-state index contributed by atoms with van der Waals surface area (Å²) in [5, 5.41) is 30.6. The van der Waals surface area contributed by atoms with Crippen molar-refractivity contribution in [1.29, 1.82) is 0 Å². The Morgan fingerprint density at radius 3 is 2.64 bits per heavy atom. The minimum Gasteiger partial charge on any atom is -0.809 e. The Morgan fingerprint density at radius 1 is 1.18 bits per heavy atom. The molecule has 1 aliphatic heterocycles. The second kappa shape index (κ2) is 13.3. The van der Waals surface area contributed by atoms with Crippen molar-refractivity contribution in [3.8, 4) is 0 Å². The molecule has 5 atom stereocenters. The van der Waals surface area contributed by atoms with Gasteiger partial charge in [-0.1, -0.05) is 23.4 Å². The third-order valence-electron chi connectivity index (χ3n) is 5.89. The fraction of sp³-hybridized carbons (Fsp3) is 0.333. The van der Waals surface area contributed by atoms with Gasteiger partial charge < -0.3 is 34.0 Å². The molecule has 39 heavy (non-hydrogen) atoms. The molecule has 0 amide bonds. The van der Waals surface area contributed by atoms with Gasteiger partial charge in [-0.05, 0) is 24.4 Å². The van der Waals surface area contributed by atoms with E-state index in [0.717, 1.165) is 26.2 Å². The number of nitrogens with one attached hydrogen (secondary N) is 1. The summed E-state index contributed by atoms with van der Waals surface area (Å²) in [7, 11) is -5.18. The first kappa shape index (κ1) is 32.5. The summed E-state index contributed by atoms with van der Waals surface area (Å²) < 4.78 is 26.0. The predicted octanol–water partition coefficient (Wildman–Crippen LogP) is -7.35. The number of aromatic nitrogens is 5. The van der Waals surface area contributed by atoms with Gasteiger partial charge in [0.1, 0.15) is 29.8 Å². The molecule has 0 radical (unpaired) electrons. The number of aliphatic hydroxyl groups excluding tert-OH is 2. The molecule has 3 aromatic heterocycles. The minimum absolute atomic E-state index is 0. The number of hydrogen-bond acceptors (Lipinski definition) is 12. The van der Waals surface area contributed by atoms with E-state index in [1.807, 2.05) is 17.1 Å². The molecule has 3 N–H and O–H groups in total. The van der Waals surface area contributed by atoms with E-state index >= 15 is 0 Å². The Morgan fingerprint density at radius 2 is 1.92 bits per heavy atom. The first-order valence-electron chi connectivity index (χ1n) is 10.9. The van der Waals surface area contributed by atoms with Gasteiger partial charge in [-0.2, -0.15) is 0 Å². The van der Waals surface area contributed by atoms with E-state index < -0.39 is 49.2 Å². The van der Waals surface area contributed by atoms with Gasteiger partial charge in [0, 0.05) is 22.5 Å². The third kappa shape index (κ3) is 6.90. The van der Waals surface area contributed by atoms with Crippen LogP contribution in [0.4, 0.5) is 0 Å². The van der Waals surface area contributed by atoms with Crippen molar-refractivity contribution < 1.29 is 93.2 Å². The molecule has 0 aliphatic carbocycles. The van der Waals surface area contributed by atoms with E-state index in [2.05, 4.69) is 10.3 Å². The van der Waals surface area contributed by atoms with Crippen LogP contribution in [0.15, 0.2) is 57.7 Å². The molecule has 1 aliphatic rings. The van der Waals surface area contributed by atoms with E-state index in [0.29, 0.717) is 10.9 Å². The van der Waals surface area contributed by atoms with Crippen LogP contribution in [0.25, 0.3) is 10.1 Å². The van der Waals surface area contributed by atoms with Crippen LogP contribution in [0.3, 0.4) is 0 Å². The van der Waals surface area contributed by atoms with Crippen molar-refractivity contribution in [2.75, 3.05) is 6.61 Å². The van der Waals surface area contributed by atoms with E-state index in [1.54, 1.807) is 17.5 Å². The zero-order valence-electron chi connectivity index (χ0n) is 20.8. The Balaban J connectivity index is 0.00000210. The Hall–Kier alpha value is -1.01. The molecule has 18 heteroatoms. The predicted molar refractivity (Wildman–Crippen MR) is 124 cm³/mol. The minimum atomic E-state index is -5.18. The van der Waals surface area contributed by atoms with Crippen molar-refractivity contribution in [2.45, 2.75) is 36.9 Å². The molecule has 4 aromatic rings. The Labute approximate surface area is 268 Å². The second-order valence-corrected chi connectivity index (χ2v) is 10.8. The van der Waals surface area contributed by atoms with Crippen LogP contribution in [0.1, 0.15) is 23.3 Å². The van der Waals surface area contributed by atoms with E-state index in [-0.39, 0.29) is 78.0 Å². The molecule has 14 nitrogen and oxygen atoms in total. The maximum Gasteiger partial charge on any atom is 1.00 e. The Kier molecular flexibility index (Phi) is 11.1. The zero-order chi connectivity index (χ0) is 26.3. The van der Waals surface area contributed by atoms with Crippen LogP contribution in [0.2, 0.25) is 0 Å². The van der Waals surface area contributed by atoms with Crippen LogP contribution >= 0.6 is 18.9 Å². The standard InChI is InChI=1S/C21H22N5O9PS.2Na/c27-16-5-6-25(21(30)22-16)19-18(29)17(28)14(35-19)9-34-8-11-7-26(24-23-11)20(36(31,32)33)13-10-37-15-4-2-1-3-12(13)15;;/h1-7,10,14,17-20,28-29H,8-9H2,(H,22,27,30)(H2,31,32,33);;/q;2*+1/p-2/t14-,17-,18-,19-,20?;;/m1../s1. The maximum atomic E-state index is 12.2. The van der Waals surface area contributed by atoms with Crippen molar-refractivity contribution in [3.63, 3.8) is 0 Å². The fourth-order valence-electron chi connectivity index (χ4n) is 4.16. The summed E-state index contributed by atoms with van der Waals surface area (Å²) in [5.41, 5.74) is -0.934. The van der Waals surface area contributed by atoms with E-state index in [1.165, 1.54) is 17.5 Å². The summed E-state index contributed by atoms with van der Waals surface area (Å²) in [6.45, 7) is -0.398. The smallest absolute Gasteiger partial charge is 0.809 e. The summed E-state index contributed by atoms with van der Waals surface area (Å²) in [6, 6.07) is 8.16. The van der Waals surface area contributed by atoms with Crippen molar-refractivity contribution >= 4 is 29.0 Å². The van der Waals surface area contributed by atoms with Gasteiger partial charge in [0.15, 0.2) is 6.23 Å². The average Bonchev–Trinajstić information content (AvgIpc) is 3.54. The van der Waals surface area contributed by atoms with E-state index in [9.17, 15) is 34.2 Å². The molecule has 1 saturated heterocycles. The van der Waals surface area contributed by atoms with E-state index in [4.69, 9.17) is 9.47 Å². The van der Waals surface area contributed by atoms with Gasteiger partial charge in [0.05, 0.1) is 19.4 Å². The number of aromatic amines is 1. The molecule has 0 saturated carbocycles. The van der Waals surface area contributed by atoms with Gasteiger partial charge in [0.25, 0.3) is 5.56 Å². The molecule has 1 unspecified atom stereocenters. The molecule has 0 bridgehead atoms. The largest absolute Gasteiger partial charge is 1.00 e. The van der Waals surface area contributed by atoms with Crippen LogP contribution in [-0.2, 0) is 20.6 Å². The molecule has 4 heterocycles. The summed E-state index contributed by atoms with van der Waals surface area (Å²) in [4.78, 5) is 49.6. The number of aliphatic hydroxyl groups is 2. The number of thiophene rings is 1. The van der Waals surface area contributed by atoms with Crippen LogP contribution in [0, 0.1) is 0 Å². The fourth-order valence-corrected chi connectivity index (χ4v) is 6.20. The number of hydrogen-bond donors (Lipinski definition) is 3. The first-order chi connectivity index (χ1) is 17.6. The third-order valence-corrected chi connectivity index (χ3v) is 7.99. The molecular weight excluding hydrogens is 575 g/mol. The van der Waals surface area contributed by atoms with Crippen molar-refractivity contribution in [3.05, 3.63) is 80.2 Å². The normalized spacial score (nSPS) is 21.8. The van der Waals surface area contributed by atoms with Gasteiger partial charge >= 0.3 is 64.8 Å². The monoisotopic (exact) mass is 595 g/mol. The molecule has 1 fully saturated rings. The van der Waals surface area contributed by atoms with Crippen LogP contribution < -0.4 is 80.2 Å². The summed E-state index contributed by atoms with van der Waals surface area (Å²) in [5.74, 6) is -1.60. The Bertz CT molecular complexity index is 1590. The molecule has 5 rings (SSSR count). The van der Waals surface area contributed by atoms with Gasteiger partial charge in [-0.3, -0.25) is 14.3 Å². The zero-order valence-corrected chi connectivity index (χ0v) is 26.5. The number of nitrogens with zero attached hydrogens (tertiary/aromatic N) is 4. The van der Waals surface area contributed by atoms with Crippen molar-refractivity contribution in [1.82, 2.24) is 24.5 Å². The molecular formula is C21H20N5Na2O9PS. The maximum absolute atomic E-state index is 12.2. The van der Waals surface area contributed by atoms with Crippen LogP contribution in [-0.4, -0.2) is 59.7 Å². The molecule has 0 spiro atoms. The van der Waals surface area contributed by atoms with Gasteiger partial charge in [-0.25, -0.2) is 9.48 Å². The topological polar surface area (TPSA) is 208 Å². The number of rotatable bonds is 8. The SMILES string of the molecule is O=c1ccn([C@@H]2O[C@H](COCc3cn(C(c4csc5ccccc45)P(=O)([O-])[O-])nn3)[C@@H](O)[C@H]2O)c(=O)[nH]1.[Na+].[Na+]. The number of benzene rings is 1. The van der Waals surface area contributed by atoms with Crippen molar-refractivity contribution in [2.24, 2.45) is 0 Å². The molecule has 1 aromatic carbocycles. The number of H-pyrrole nitrogens is 1. The van der Waals surface area contributed by atoms with Crippen LogP contribution in [0.5, 0.6) is 0 Å². The number of ether oxygens (including phenoxy) is 2. The van der Waals surface area contributed by atoms with Gasteiger partial charge in [-0.15, -0.1) is 16.4 Å². The molecule has 196 valence electrons. The summed E-state index contributed by atoms with van der Waals surface area (Å²) >= 11 is 1.31. The number of fused-ring (bicyclic) bond motifs is 1. The second-order valence-electron chi connectivity index (χ2n) is 8.37. The summed E-state index contributed by atoms with van der Waals surface area (Å²) in [6.07, 6.45) is -2.73. The quantitative estimate of drug-likeness (QED) is 0.129. The average molecular weight is 595 g/mol. The van der Waals surface area contributed by atoms with Gasteiger partial charge in [0.2, 0.25) is 0 Å².